The van der Waals surface area contributed by atoms with Gasteiger partial charge in [-0.1, -0.05) is 29.8 Å². The van der Waals surface area contributed by atoms with Gasteiger partial charge < -0.3 is 10.4 Å². The number of ketones is 1. The number of anilines is 2. The van der Waals surface area contributed by atoms with Gasteiger partial charge in [-0.3, -0.25) is 19.9 Å². The molecule has 0 atom stereocenters. The molecule has 0 fully saturated rings. The lowest BCUT2D eigenvalue weighted by Gasteiger charge is -2.11. The first kappa shape index (κ1) is 21.0. The van der Waals surface area contributed by atoms with Crippen molar-refractivity contribution in [2.24, 2.45) is 0 Å². The van der Waals surface area contributed by atoms with Crippen molar-refractivity contribution in [3.8, 4) is 11.1 Å². The molecule has 3 aromatic rings. The summed E-state index contributed by atoms with van der Waals surface area (Å²) in [5.41, 5.74) is 3.34. The number of hydrogen-bond acceptors (Lipinski definition) is 4. The number of nitrogens with zero attached hydrogens (tertiary/aromatic N) is 1. The third kappa shape index (κ3) is 5.42. The van der Waals surface area contributed by atoms with Crippen molar-refractivity contribution >= 4 is 40.8 Å². The van der Waals surface area contributed by atoms with E-state index in [4.69, 9.17) is 16.7 Å². The molecular formula is C22H18ClN3O4. The molecule has 0 bridgehead atoms. The van der Waals surface area contributed by atoms with Crippen LogP contribution in [0.2, 0.25) is 5.02 Å². The maximum atomic E-state index is 12.6. The van der Waals surface area contributed by atoms with Crippen LogP contribution in [-0.2, 0) is 4.79 Å². The third-order valence-corrected chi connectivity index (χ3v) is 4.47. The summed E-state index contributed by atoms with van der Waals surface area (Å²) in [5, 5.41) is 13.9. The SMILES string of the molecule is Cc1cc(-c2cccc(C(=O)CC(=O)Nc3cc(Cl)ccc3NC(=O)O)c2)ccn1. The Morgan fingerprint density at radius 3 is 2.47 bits per heavy atom. The van der Waals surface area contributed by atoms with Crippen LogP contribution in [0.4, 0.5) is 16.2 Å². The van der Waals surface area contributed by atoms with Crippen LogP contribution >= 0.6 is 11.6 Å². The third-order valence-electron chi connectivity index (χ3n) is 4.23. The van der Waals surface area contributed by atoms with E-state index in [1.54, 1.807) is 24.4 Å². The lowest BCUT2D eigenvalue weighted by molar-refractivity contribution is -0.115. The van der Waals surface area contributed by atoms with E-state index in [0.717, 1.165) is 16.8 Å². The van der Waals surface area contributed by atoms with Gasteiger partial charge in [0.1, 0.15) is 0 Å². The molecule has 2 aromatic carbocycles. The Morgan fingerprint density at radius 2 is 1.73 bits per heavy atom. The number of aromatic nitrogens is 1. The Morgan fingerprint density at radius 1 is 0.967 bits per heavy atom. The molecule has 0 radical (unpaired) electrons. The maximum absolute atomic E-state index is 12.6. The summed E-state index contributed by atoms with van der Waals surface area (Å²) in [5.74, 6) is -0.948. The summed E-state index contributed by atoms with van der Waals surface area (Å²) in [4.78, 5) is 40.1. The fraction of sp³-hybridized carbons (Fsp3) is 0.0909. The zero-order valence-electron chi connectivity index (χ0n) is 16.0. The monoisotopic (exact) mass is 423 g/mol. The molecule has 0 saturated carbocycles. The topological polar surface area (TPSA) is 108 Å². The lowest BCUT2D eigenvalue weighted by Crippen LogP contribution is -2.18. The van der Waals surface area contributed by atoms with Gasteiger partial charge in [-0.15, -0.1) is 0 Å². The van der Waals surface area contributed by atoms with Crippen LogP contribution in [0.25, 0.3) is 11.1 Å². The number of pyridine rings is 1. The van der Waals surface area contributed by atoms with E-state index in [1.165, 1.54) is 18.2 Å². The van der Waals surface area contributed by atoms with Gasteiger partial charge in [-0.05, 0) is 54.4 Å². The maximum Gasteiger partial charge on any atom is 0.409 e. The van der Waals surface area contributed by atoms with Crippen molar-refractivity contribution in [3.63, 3.8) is 0 Å². The molecule has 0 saturated heterocycles. The average molecular weight is 424 g/mol. The van der Waals surface area contributed by atoms with Crippen molar-refractivity contribution < 1.29 is 19.5 Å². The van der Waals surface area contributed by atoms with Crippen LogP contribution in [0.5, 0.6) is 0 Å². The van der Waals surface area contributed by atoms with Crippen LogP contribution in [-0.4, -0.2) is 27.9 Å². The predicted octanol–water partition coefficient (Wildman–Crippen LogP) is 5.01. The molecule has 152 valence electrons. The Balaban J connectivity index is 1.74. The molecule has 7 nitrogen and oxygen atoms in total. The van der Waals surface area contributed by atoms with Gasteiger partial charge in [0.15, 0.2) is 5.78 Å². The number of halogens is 1. The van der Waals surface area contributed by atoms with E-state index in [-0.39, 0.29) is 17.2 Å². The van der Waals surface area contributed by atoms with Gasteiger partial charge in [0, 0.05) is 22.5 Å². The first-order valence-electron chi connectivity index (χ1n) is 8.97. The highest BCUT2D eigenvalue weighted by molar-refractivity contribution is 6.31. The van der Waals surface area contributed by atoms with Gasteiger partial charge in [0.05, 0.1) is 17.8 Å². The summed E-state index contributed by atoms with van der Waals surface area (Å²) in [6.07, 6.45) is 0.00475. The van der Waals surface area contributed by atoms with Gasteiger partial charge in [0.25, 0.3) is 0 Å². The molecule has 30 heavy (non-hydrogen) atoms. The van der Waals surface area contributed by atoms with Crippen molar-refractivity contribution in [2.45, 2.75) is 13.3 Å². The number of amides is 2. The highest BCUT2D eigenvalue weighted by Gasteiger charge is 2.15. The Kier molecular flexibility index (Phi) is 6.44. The van der Waals surface area contributed by atoms with Crippen molar-refractivity contribution in [2.75, 3.05) is 10.6 Å². The van der Waals surface area contributed by atoms with E-state index >= 15 is 0 Å². The first-order chi connectivity index (χ1) is 14.3. The van der Waals surface area contributed by atoms with Gasteiger partial charge in [-0.2, -0.15) is 0 Å². The Labute approximate surface area is 177 Å². The van der Waals surface area contributed by atoms with Crippen molar-refractivity contribution in [1.82, 2.24) is 4.98 Å². The van der Waals surface area contributed by atoms with E-state index in [0.29, 0.717) is 10.6 Å². The van der Waals surface area contributed by atoms with E-state index < -0.39 is 18.4 Å². The summed E-state index contributed by atoms with van der Waals surface area (Å²) >= 11 is 5.93. The van der Waals surface area contributed by atoms with Crippen LogP contribution in [0.15, 0.2) is 60.8 Å². The predicted molar refractivity (Wildman–Crippen MR) is 115 cm³/mol. The second-order valence-electron chi connectivity index (χ2n) is 6.53. The van der Waals surface area contributed by atoms with E-state index in [9.17, 15) is 14.4 Å². The number of carboxylic acid groups (broad SMARTS) is 1. The molecule has 8 heteroatoms. The van der Waals surface area contributed by atoms with Crippen LogP contribution in [0, 0.1) is 6.92 Å². The number of Topliss-reactive ketones (excluding diaryl/α,β-unsaturated/α-hetero) is 1. The molecule has 0 aliphatic heterocycles. The standard InChI is InChI=1S/C22H18ClN3O4/c1-13-9-15(7-8-24-13)14-3-2-4-16(10-14)20(27)12-21(28)25-19-11-17(23)5-6-18(19)26-22(29)30/h2-11,26H,12H2,1H3,(H,25,28)(H,29,30). The summed E-state index contributed by atoms with van der Waals surface area (Å²) in [6.45, 7) is 1.88. The number of nitrogens with one attached hydrogen (secondary N) is 2. The summed E-state index contributed by atoms with van der Waals surface area (Å²) in [7, 11) is 0. The minimum Gasteiger partial charge on any atom is -0.465 e. The molecule has 0 spiro atoms. The molecule has 0 aliphatic rings. The quantitative estimate of drug-likeness (QED) is 0.381. The summed E-state index contributed by atoms with van der Waals surface area (Å²) < 4.78 is 0. The van der Waals surface area contributed by atoms with Crippen LogP contribution in [0.1, 0.15) is 22.5 Å². The number of aryl methyl sites for hydroxylation is 1. The minimum absolute atomic E-state index is 0.155. The molecule has 0 aliphatic carbocycles. The fourth-order valence-electron chi connectivity index (χ4n) is 2.88. The normalized spacial score (nSPS) is 10.3. The van der Waals surface area contributed by atoms with Gasteiger partial charge >= 0.3 is 6.09 Å². The van der Waals surface area contributed by atoms with Crippen molar-refractivity contribution in [1.29, 1.82) is 0 Å². The molecule has 2 amide bonds. The number of benzene rings is 2. The fourth-order valence-corrected chi connectivity index (χ4v) is 3.06. The summed E-state index contributed by atoms with van der Waals surface area (Å²) in [6, 6.07) is 15.1. The molecule has 0 unspecified atom stereocenters. The first-order valence-corrected chi connectivity index (χ1v) is 9.35. The number of hydrogen-bond donors (Lipinski definition) is 3. The zero-order valence-corrected chi connectivity index (χ0v) is 16.7. The highest BCUT2D eigenvalue weighted by Crippen LogP contribution is 2.26. The van der Waals surface area contributed by atoms with Crippen LogP contribution < -0.4 is 10.6 Å². The van der Waals surface area contributed by atoms with Crippen molar-refractivity contribution in [3.05, 3.63) is 77.1 Å². The lowest BCUT2D eigenvalue weighted by atomic mass is 10.0. The highest BCUT2D eigenvalue weighted by atomic mass is 35.5. The smallest absolute Gasteiger partial charge is 0.409 e. The number of carbonyl (C=O) groups is 3. The van der Waals surface area contributed by atoms with Gasteiger partial charge in [0.2, 0.25) is 5.91 Å². The average Bonchev–Trinajstić information content (AvgIpc) is 2.70. The van der Waals surface area contributed by atoms with E-state index in [2.05, 4.69) is 15.6 Å². The molecule has 1 heterocycles. The largest absolute Gasteiger partial charge is 0.465 e. The molecule has 1 aromatic heterocycles. The number of rotatable bonds is 6. The Bertz CT molecular complexity index is 1130. The van der Waals surface area contributed by atoms with Crippen LogP contribution in [0.3, 0.4) is 0 Å². The number of carbonyl (C=O) groups excluding carboxylic acids is 2. The minimum atomic E-state index is -1.29. The zero-order chi connectivity index (χ0) is 21.7. The second kappa shape index (κ2) is 9.19. The molecular weight excluding hydrogens is 406 g/mol. The molecule has 3 N–H and O–H groups in total. The van der Waals surface area contributed by atoms with Gasteiger partial charge in [-0.25, -0.2) is 4.79 Å². The molecule has 3 rings (SSSR count). The van der Waals surface area contributed by atoms with E-state index in [1.807, 2.05) is 25.1 Å². The second-order valence-corrected chi connectivity index (χ2v) is 6.97. The Hall–Kier alpha value is -3.71.